The molecule has 0 aliphatic heterocycles. The molecule has 0 unspecified atom stereocenters. The standard InChI is InChI=1S/C60H45B2N6O4S3/c1-40-19-11-12-26-46(40)57-55-54(58(48(39-64)60-66-50-28-14-16-30-53(50)74-60)68(57)62(43-22-7-3-8-23-43)44-24-9-4-10-25-44)51(37-41-31-33-45(34-32-41)72-35-17-18-36-75(69,70)71)67(61-42-20-5-2-6-21-42)56(55)47(38-63)59-65-49-27-13-15-29-52(49)73-59/h2-16,19-34H,17-18,35-37H2,1H3,(H,69,70,71)/b56-47-,58-48-. The average Bonchev–Trinajstić information content (AvgIpc) is 4.25. The summed E-state index contributed by atoms with van der Waals surface area (Å²) >= 11 is 2.95. The third-order valence-corrected chi connectivity index (χ3v) is 16.2. The van der Waals surface area contributed by atoms with Crippen molar-refractivity contribution in [3.05, 3.63) is 226 Å². The zero-order valence-corrected chi connectivity index (χ0v) is 43.1. The number of para-hydroxylation sites is 2. The zero-order chi connectivity index (χ0) is 51.5. The summed E-state index contributed by atoms with van der Waals surface area (Å²) in [6.07, 6.45) is 1.06. The van der Waals surface area contributed by atoms with Crippen LogP contribution in [0, 0.1) is 29.6 Å². The first kappa shape index (κ1) is 48.9. The molecule has 15 heteroatoms. The zero-order valence-electron chi connectivity index (χ0n) is 40.7. The minimum atomic E-state index is -4.06. The molecule has 1 N–H and O–H groups in total. The van der Waals surface area contributed by atoms with E-state index in [0.29, 0.717) is 50.5 Å². The molecule has 1 radical (unpaired) electrons. The Balaban J connectivity index is 1.33. The predicted molar refractivity (Wildman–Crippen MR) is 306 cm³/mol. The number of benzene rings is 7. The summed E-state index contributed by atoms with van der Waals surface area (Å²) in [6, 6.07) is 68.3. The first-order chi connectivity index (χ1) is 36.7. The van der Waals surface area contributed by atoms with E-state index in [4.69, 9.17) is 14.7 Å². The number of aromatic nitrogens is 4. The normalized spacial score (nSPS) is 12.4. The summed E-state index contributed by atoms with van der Waals surface area (Å²) in [4.78, 5) is 10.4. The number of unbranched alkanes of at least 4 members (excludes halogenated alkanes) is 1. The maximum absolute atomic E-state index is 12.0. The second-order valence-corrected chi connectivity index (χ2v) is 21.8. The lowest BCUT2D eigenvalue weighted by Crippen LogP contribution is -2.53. The molecule has 4 aromatic heterocycles. The Morgan fingerprint density at radius 1 is 0.653 bits per heavy atom. The van der Waals surface area contributed by atoms with Crippen LogP contribution in [0.15, 0.2) is 188 Å². The van der Waals surface area contributed by atoms with E-state index in [-0.39, 0.29) is 18.8 Å². The molecule has 4 heterocycles. The van der Waals surface area contributed by atoms with Gasteiger partial charge in [0.25, 0.3) is 17.5 Å². The summed E-state index contributed by atoms with van der Waals surface area (Å²) in [5.74, 6) is 0.281. The van der Waals surface area contributed by atoms with Crippen LogP contribution in [0.1, 0.15) is 39.7 Å². The van der Waals surface area contributed by atoms with E-state index in [9.17, 15) is 23.5 Å². The van der Waals surface area contributed by atoms with Crippen molar-refractivity contribution >= 4 is 106 Å². The summed E-state index contributed by atoms with van der Waals surface area (Å²) in [6.45, 7) is 1.89. The minimum absolute atomic E-state index is 0.267. The number of fused-ring (bicyclic) bond motifs is 3. The van der Waals surface area contributed by atoms with Crippen molar-refractivity contribution in [1.82, 2.24) is 18.9 Å². The van der Waals surface area contributed by atoms with Gasteiger partial charge in [-0.15, -0.1) is 22.7 Å². The van der Waals surface area contributed by atoms with Crippen LogP contribution < -0.4 is 31.8 Å². The summed E-state index contributed by atoms with van der Waals surface area (Å²) in [5.41, 5.74) is 9.74. The van der Waals surface area contributed by atoms with Gasteiger partial charge in [0.1, 0.15) is 39.0 Å². The highest BCUT2D eigenvalue weighted by Gasteiger charge is 2.35. The molecule has 0 aliphatic carbocycles. The Morgan fingerprint density at radius 3 is 1.75 bits per heavy atom. The van der Waals surface area contributed by atoms with Crippen molar-refractivity contribution in [2.45, 2.75) is 26.2 Å². The maximum atomic E-state index is 12.0. The molecule has 0 atom stereocenters. The van der Waals surface area contributed by atoms with Crippen molar-refractivity contribution < 1.29 is 17.7 Å². The van der Waals surface area contributed by atoms with Crippen LogP contribution in [-0.4, -0.2) is 58.5 Å². The Labute approximate surface area is 443 Å². The van der Waals surface area contributed by atoms with Crippen LogP contribution in [0.4, 0.5) is 0 Å². The molecule has 11 rings (SSSR count). The highest BCUT2D eigenvalue weighted by atomic mass is 32.2. The predicted octanol–water partition coefficient (Wildman–Crippen LogP) is 9.17. The Kier molecular flexibility index (Phi) is 13.9. The van der Waals surface area contributed by atoms with Gasteiger partial charge in [-0.2, -0.15) is 18.9 Å². The number of rotatable bonds is 16. The second-order valence-electron chi connectivity index (χ2n) is 18.2. The van der Waals surface area contributed by atoms with Crippen LogP contribution in [0.25, 0.3) is 53.6 Å². The molecule has 7 aromatic carbocycles. The number of hydrogen-bond acceptors (Lipinski definition) is 9. The lowest BCUT2D eigenvalue weighted by Gasteiger charge is -2.23. The van der Waals surface area contributed by atoms with E-state index in [1.807, 2.05) is 152 Å². The van der Waals surface area contributed by atoms with Gasteiger partial charge in [0, 0.05) is 34.1 Å². The SMILES string of the molecule is Cc1ccccc1-c1c2/c(=C(\C#N)c3nc4ccccc4s3)n([B]c3ccccc3)c(Cc3ccc(OCCCCS(=O)(=O)O)cc3)c2/c(=C(\C#N)c2nc3ccccc3s2)n1B(c1ccccc1)c1ccccc1. The molecule has 0 saturated heterocycles. The first-order valence-electron chi connectivity index (χ1n) is 24.5. The number of aryl methyl sites for hydroxylation is 1. The van der Waals surface area contributed by atoms with Gasteiger partial charge in [0.15, 0.2) is 0 Å². The van der Waals surface area contributed by atoms with E-state index >= 15 is 0 Å². The van der Waals surface area contributed by atoms with Crippen molar-refractivity contribution in [2.24, 2.45) is 0 Å². The molecular formula is C60H45B2N6O4S3. The minimum Gasteiger partial charge on any atom is -0.494 e. The summed E-state index contributed by atoms with van der Waals surface area (Å²) < 4.78 is 44.4. The van der Waals surface area contributed by atoms with Crippen molar-refractivity contribution in [3.8, 4) is 29.1 Å². The van der Waals surface area contributed by atoms with Gasteiger partial charge in [-0.1, -0.05) is 168 Å². The lowest BCUT2D eigenvalue weighted by atomic mass is 9.50. The molecule has 0 spiro atoms. The first-order valence-corrected chi connectivity index (χ1v) is 27.7. The Bertz CT molecular complexity index is 4130. The van der Waals surface area contributed by atoms with Gasteiger partial charge >= 0.3 is 6.85 Å². The highest BCUT2D eigenvalue weighted by Crippen LogP contribution is 2.36. The quantitative estimate of drug-likeness (QED) is 0.0573. The molecule has 0 bridgehead atoms. The van der Waals surface area contributed by atoms with E-state index in [0.717, 1.165) is 75.7 Å². The van der Waals surface area contributed by atoms with Gasteiger partial charge in [-0.25, -0.2) is 9.97 Å². The lowest BCUT2D eigenvalue weighted by molar-refractivity contribution is 0.309. The maximum Gasteiger partial charge on any atom is 0.328 e. The molecule has 0 saturated carbocycles. The molecule has 11 aromatic rings. The molecule has 0 fully saturated rings. The fraction of sp³-hybridized carbons (Fsp3) is 0.100. The molecule has 363 valence electrons. The third-order valence-electron chi connectivity index (χ3n) is 13.3. The monoisotopic (exact) mass is 1030 g/mol. The van der Waals surface area contributed by atoms with E-state index in [2.05, 4.69) is 71.8 Å². The second kappa shape index (κ2) is 21.3. The van der Waals surface area contributed by atoms with Crippen LogP contribution in [0.2, 0.25) is 0 Å². The largest absolute Gasteiger partial charge is 0.494 e. The van der Waals surface area contributed by atoms with Gasteiger partial charge < -0.3 is 13.7 Å². The number of nitrogens with zero attached hydrogens (tertiary/aromatic N) is 6. The number of thiazole rings is 2. The van der Waals surface area contributed by atoms with E-state index in [1.54, 1.807) is 0 Å². The van der Waals surface area contributed by atoms with Crippen LogP contribution in [-0.2, 0) is 16.5 Å². The molecule has 10 nitrogen and oxygen atoms in total. The number of nitriles is 2. The molecule has 0 aliphatic rings. The highest BCUT2D eigenvalue weighted by molar-refractivity contribution is 7.85. The van der Waals surface area contributed by atoms with Crippen molar-refractivity contribution in [1.29, 1.82) is 10.5 Å². The number of ether oxygens (including phenoxy) is 1. The van der Waals surface area contributed by atoms with Crippen LogP contribution >= 0.6 is 22.7 Å². The van der Waals surface area contributed by atoms with E-state index < -0.39 is 17.0 Å². The summed E-state index contributed by atoms with van der Waals surface area (Å²) in [5, 5.41) is 27.9. The van der Waals surface area contributed by atoms with E-state index in [1.165, 1.54) is 22.7 Å². The fourth-order valence-corrected chi connectivity index (χ4v) is 12.4. The van der Waals surface area contributed by atoms with Crippen molar-refractivity contribution in [2.75, 3.05) is 12.4 Å². The molecule has 75 heavy (non-hydrogen) atoms. The number of hydrogen-bond donors (Lipinski definition) is 1. The Hall–Kier alpha value is -8.30. The smallest absolute Gasteiger partial charge is 0.328 e. The Morgan fingerprint density at radius 2 is 1.19 bits per heavy atom. The molecular weight excluding hydrogens is 987 g/mol. The topological polar surface area (TPSA) is 147 Å². The third kappa shape index (κ3) is 9.95. The van der Waals surface area contributed by atoms with Crippen LogP contribution in [0.5, 0.6) is 5.75 Å². The van der Waals surface area contributed by atoms with Gasteiger partial charge in [0.05, 0.1) is 43.5 Å². The van der Waals surface area contributed by atoms with Gasteiger partial charge in [-0.05, 0) is 67.3 Å². The van der Waals surface area contributed by atoms with Crippen molar-refractivity contribution in [3.63, 3.8) is 0 Å². The average molecular weight is 1030 g/mol. The van der Waals surface area contributed by atoms with Gasteiger partial charge in [-0.3, -0.25) is 4.55 Å². The van der Waals surface area contributed by atoms with Gasteiger partial charge in [0.2, 0.25) is 0 Å². The van der Waals surface area contributed by atoms with Crippen LogP contribution in [0.3, 0.4) is 0 Å². The fourth-order valence-electron chi connectivity index (χ4n) is 9.93. The molecule has 0 amide bonds. The summed E-state index contributed by atoms with van der Waals surface area (Å²) in [7, 11) is -1.97.